The summed E-state index contributed by atoms with van der Waals surface area (Å²) < 4.78 is 2.95. The van der Waals surface area contributed by atoms with Gasteiger partial charge in [0.1, 0.15) is 5.25 Å². The molecular formula is C18H14BrN5S. The van der Waals surface area contributed by atoms with E-state index >= 15 is 0 Å². The molecule has 3 heterocycles. The van der Waals surface area contributed by atoms with Crippen molar-refractivity contribution in [2.45, 2.75) is 23.4 Å². The van der Waals surface area contributed by atoms with Crippen molar-refractivity contribution in [2.75, 3.05) is 0 Å². The zero-order valence-electron chi connectivity index (χ0n) is 13.3. The van der Waals surface area contributed by atoms with E-state index in [4.69, 9.17) is 4.98 Å². The lowest BCUT2D eigenvalue weighted by Crippen LogP contribution is -2.23. The lowest BCUT2D eigenvalue weighted by molar-refractivity contribution is 0.627. The number of rotatable bonds is 2. The number of hydrazone groups is 1. The molecule has 0 saturated heterocycles. The summed E-state index contributed by atoms with van der Waals surface area (Å²) in [5, 5.41) is 10.3. The van der Waals surface area contributed by atoms with Crippen LogP contribution in [0.25, 0.3) is 11.4 Å². The number of fused-ring (bicyclic) bond motifs is 3. The SMILES string of the molecule is Cc1ccc(-c2nc3n(n2)C2=NNC(c4ccc(Br)cc4)C2S3)cc1. The number of nitrogens with zero attached hydrogens (tertiary/aromatic N) is 4. The summed E-state index contributed by atoms with van der Waals surface area (Å²) in [6.45, 7) is 2.08. The van der Waals surface area contributed by atoms with Crippen molar-refractivity contribution < 1.29 is 0 Å². The molecule has 2 unspecified atom stereocenters. The van der Waals surface area contributed by atoms with Crippen LogP contribution < -0.4 is 5.43 Å². The van der Waals surface area contributed by atoms with Crippen molar-refractivity contribution in [3.05, 3.63) is 64.1 Å². The second-order valence-corrected chi connectivity index (χ2v) is 8.19. The maximum Gasteiger partial charge on any atom is 0.193 e. The maximum atomic E-state index is 4.71. The third-order valence-corrected chi connectivity index (χ3v) is 6.18. The number of thioether (sulfide) groups is 1. The highest BCUT2D eigenvalue weighted by molar-refractivity contribution is 9.10. The van der Waals surface area contributed by atoms with Crippen LogP contribution in [0.1, 0.15) is 17.2 Å². The van der Waals surface area contributed by atoms with E-state index < -0.39 is 0 Å². The Bertz CT molecular complexity index is 978. The molecule has 2 atom stereocenters. The van der Waals surface area contributed by atoms with Gasteiger partial charge in [-0.25, -0.2) is 4.98 Å². The molecule has 1 N–H and O–H groups in total. The topological polar surface area (TPSA) is 55.1 Å². The van der Waals surface area contributed by atoms with Crippen molar-refractivity contribution in [2.24, 2.45) is 5.10 Å². The van der Waals surface area contributed by atoms with Gasteiger partial charge in [0.2, 0.25) is 0 Å². The van der Waals surface area contributed by atoms with Gasteiger partial charge in [0.15, 0.2) is 16.8 Å². The van der Waals surface area contributed by atoms with Gasteiger partial charge in [-0.2, -0.15) is 9.78 Å². The van der Waals surface area contributed by atoms with Crippen molar-refractivity contribution in [3.8, 4) is 11.4 Å². The van der Waals surface area contributed by atoms with Crippen LogP contribution in [0.5, 0.6) is 0 Å². The van der Waals surface area contributed by atoms with Gasteiger partial charge in [-0.05, 0) is 24.6 Å². The lowest BCUT2D eigenvalue weighted by atomic mass is 10.0. The van der Waals surface area contributed by atoms with Crippen molar-refractivity contribution in [3.63, 3.8) is 0 Å². The fourth-order valence-electron chi connectivity index (χ4n) is 3.09. The van der Waals surface area contributed by atoms with E-state index in [1.54, 1.807) is 11.8 Å². The van der Waals surface area contributed by atoms with Crippen LogP contribution in [0.15, 0.2) is 63.3 Å². The number of benzene rings is 2. The first-order valence-corrected chi connectivity index (χ1v) is 9.66. The standard InChI is InChI=1S/C18H14BrN5S/c1-10-2-4-12(5-3-10)16-20-18-24(23-16)17-15(25-18)14(21-22-17)11-6-8-13(19)9-7-11/h2-9,14-15,21H,1H3. The molecule has 0 saturated carbocycles. The molecule has 2 aliphatic rings. The van der Waals surface area contributed by atoms with Crippen LogP contribution in [-0.2, 0) is 0 Å². The third-order valence-electron chi connectivity index (χ3n) is 4.44. The van der Waals surface area contributed by atoms with Crippen molar-refractivity contribution in [1.29, 1.82) is 0 Å². The van der Waals surface area contributed by atoms with Gasteiger partial charge in [0.05, 0.1) is 6.04 Å². The Labute approximate surface area is 157 Å². The average Bonchev–Trinajstić information content (AvgIpc) is 3.27. The van der Waals surface area contributed by atoms with E-state index in [2.05, 4.69) is 87.0 Å². The van der Waals surface area contributed by atoms with Crippen LogP contribution in [0, 0.1) is 6.92 Å². The molecule has 0 amide bonds. The molecule has 3 aromatic rings. The van der Waals surface area contributed by atoms with Gasteiger partial charge >= 0.3 is 0 Å². The van der Waals surface area contributed by atoms with E-state index in [0.29, 0.717) is 0 Å². The number of nitrogens with one attached hydrogen (secondary N) is 1. The molecule has 124 valence electrons. The van der Waals surface area contributed by atoms with Crippen LogP contribution in [0.3, 0.4) is 0 Å². The van der Waals surface area contributed by atoms with Gasteiger partial charge in [-0.15, -0.1) is 5.10 Å². The number of halogens is 1. The summed E-state index contributed by atoms with van der Waals surface area (Å²) in [7, 11) is 0. The van der Waals surface area contributed by atoms with Gasteiger partial charge in [-0.3, -0.25) is 5.43 Å². The number of aromatic nitrogens is 3. The van der Waals surface area contributed by atoms with E-state index in [9.17, 15) is 0 Å². The van der Waals surface area contributed by atoms with Crippen LogP contribution in [-0.4, -0.2) is 25.9 Å². The molecule has 0 aliphatic carbocycles. The summed E-state index contributed by atoms with van der Waals surface area (Å²) in [4.78, 5) is 4.71. The Kier molecular flexibility index (Phi) is 3.46. The highest BCUT2D eigenvalue weighted by atomic mass is 79.9. The van der Waals surface area contributed by atoms with E-state index in [0.717, 1.165) is 26.9 Å². The van der Waals surface area contributed by atoms with Crippen molar-refractivity contribution >= 4 is 33.5 Å². The predicted molar refractivity (Wildman–Crippen MR) is 103 cm³/mol. The predicted octanol–water partition coefficient (Wildman–Crippen LogP) is 4.00. The minimum Gasteiger partial charge on any atom is -0.299 e. The van der Waals surface area contributed by atoms with Crippen LogP contribution >= 0.6 is 27.7 Å². The molecule has 5 nitrogen and oxygen atoms in total. The Morgan fingerprint density at radius 3 is 2.60 bits per heavy atom. The monoisotopic (exact) mass is 411 g/mol. The second-order valence-electron chi connectivity index (χ2n) is 6.16. The molecule has 2 aromatic carbocycles. The molecule has 1 aromatic heterocycles. The largest absolute Gasteiger partial charge is 0.299 e. The quantitative estimate of drug-likeness (QED) is 0.692. The summed E-state index contributed by atoms with van der Waals surface area (Å²) >= 11 is 5.20. The zero-order valence-corrected chi connectivity index (χ0v) is 15.8. The molecule has 2 aliphatic heterocycles. The molecular weight excluding hydrogens is 398 g/mol. The molecule has 0 spiro atoms. The van der Waals surface area contributed by atoms with Crippen LogP contribution in [0.4, 0.5) is 0 Å². The van der Waals surface area contributed by atoms with Gasteiger partial charge in [-0.1, -0.05) is 69.7 Å². The number of aryl methyl sites for hydroxylation is 1. The Morgan fingerprint density at radius 1 is 1.08 bits per heavy atom. The molecule has 25 heavy (non-hydrogen) atoms. The first-order valence-electron chi connectivity index (χ1n) is 7.99. The van der Waals surface area contributed by atoms with E-state index in [1.807, 2.05) is 4.68 Å². The van der Waals surface area contributed by atoms with Crippen molar-refractivity contribution in [1.82, 2.24) is 20.2 Å². The fourth-order valence-corrected chi connectivity index (χ4v) is 4.56. The maximum absolute atomic E-state index is 4.71. The molecule has 5 rings (SSSR count). The zero-order chi connectivity index (χ0) is 17.0. The summed E-state index contributed by atoms with van der Waals surface area (Å²) in [6, 6.07) is 16.8. The summed E-state index contributed by atoms with van der Waals surface area (Å²) in [5.41, 5.74) is 6.72. The summed E-state index contributed by atoms with van der Waals surface area (Å²) in [6.07, 6.45) is 0. The fraction of sp³-hybridized carbons (Fsp3) is 0.167. The highest BCUT2D eigenvalue weighted by Gasteiger charge is 2.42. The molecule has 7 heteroatoms. The minimum absolute atomic E-state index is 0.138. The third kappa shape index (κ3) is 2.49. The summed E-state index contributed by atoms with van der Waals surface area (Å²) in [5.74, 6) is 1.68. The van der Waals surface area contributed by atoms with Gasteiger partial charge in [0, 0.05) is 10.0 Å². The van der Waals surface area contributed by atoms with Gasteiger partial charge < -0.3 is 0 Å². The highest BCUT2D eigenvalue weighted by Crippen LogP contribution is 2.41. The first kappa shape index (κ1) is 15.2. The Hall–Kier alpha value is -2.12. The van der Waals surface area contributed by atoms with Gasteiger partial charge in [0.25, 0.3) is 0 Å². The Balaban J connectivity index is 1.45. The number of hydrogen-bond acceptors (Lipinski definition) is 5. The average molecular weight is 412 g/mol. The smallest absolute Gasteiger partial charge is 0.193 e. The molecule has 0 radical (unpaired) electrons. The second kappa shape index (κ2) is 5.71. The molecule has 0 bridgehead atoms. The number of hydrogen-bond donors (Lipinski definition) is 1. The van der Waals surface area contributed by atoms with E-state index in [1.165, 1.54) is 11.1 Å². The minimum atomic E-state index is 0.138. The van der Waals surface area contributed by atoms with E-state index in [-0.39, 0.29) is 11.3 Å². The van der Waals surface area contributed by atoms with Crippen LogP contribution in [0.2, 0.25) is 0 Å². The Morgan fingerprint density at radius 2 is 1.84 bits per heavy atom. The lowest BCUT2D eigenvalue weighted by Gasteiger charge is -2.15. The first-order chi connectivity index (χ1) is 12.2. The molecule has 0 fully saturated rings. The normalized spacial score (nSPS) is 20.8.